The van der Waals surface area contributed by atoms with E-state index in [1.807, 2.05) is 24.4 Å². The van der Waals surface area contributed by atoms with Gasteiger partial charge >= 0.3 is 0 Å². The summed E-state index contributed by atoms with van der Waals surface area (Å²) in [6.07, 6.45) is 0. The Morgan fingerprint density at radius 3 is 2.59 bits per heavy atom. The fraction of sp³-hybridized carbons (Fsp3) is 0.154. The molecule has 1 heterocycles. The van der Waals surface area contributed by atoms with Gasteiger partial charge in [-0.2, -0.15) is 0 Å². The van der Waals surface area contributed by atoms with Crippen LogP contribution in [0, 0.1) is 5.82 Å². The van der Waals surface area contributed by atoms with Gasteiger partial charge in [0, 0.05) is 10.4 Å². The Balaban J connectivity index is 2.04. The number of halogens is 1. The van der Waals surface area contributed by atoms with Gasteiger partial charge in [0.2, 0.25) is 0 Å². The van der Waals surface area contributed by atoms with Crippen molar-refractivity contribution >= 4 is 17.2 Å². The van der Waals surface area contributed by atoms with Crippen LogP contribution in [0.5, 0.6) is 0 Å². The summed E-state index contributed by atoms with van der Waals surface area (Å²) in [6, 6.07) is 9.40. The van der Waals surface area contributed by atoms with Gasteiger partial charge in [0.1, 0.15) is 5.82 Å². The minimum Gasteiger partial charge on any atom is -0.345 e. The number of carbonyl (C=O) groups excluding carboxylic acids is 1. The van der Waals surface area contributed by atoms with Crippen LogP contribution in [-0.2, 0) is 0 Å². The average molecular weight is 249 g/mol. The average Bonchev–Trinajstić information content (AvgIpc) is 2.83. The smallest absolute Gasteiger partial charge is 0.251 e. The van der Waals surface area contributed by atoms with Gasteiger partial charge in [0.25, 0.3) is 5.91 Å². The van der Waals surface area contributed by atoms with Gasteiger partial charge in [-0.25, -0.2) is 4.39 Å². The van der Waals surface area contributed by atoms with Crippen molar-refractivity contribution in [1.29, 1.82) is 0 Å². The Kier molecular flexibility index (Phi) is 3.54. The maximum Gasteiger partial charge on any atom is 0.251 e. The van der Waals surface area contributed by atoms with E-state index in [-0.39, 0.29) is 17.8 Å². The van der Waals surface area contributed by atoms with Crippen molar-refractivity contribution in [2.75, 3.05) is 0 Å². The topological polar surface area (TPSA) is 29.1 Å². The van der Waals surface area contributed by atoms with E-state index in [9.17, 15) is 9.18 Å². The molecule has 0 aliphatic heterocycles. The van der Waals surface area contributed by atoms with Crippen LogP contribution < -0.4 is 5.32 Å². The number of nitrogens with one attached hydrogen (secondary N) is 1. The van der Waals surface area contributed by atoms with Crippen molar-refractivity contribution in [3.05, 3.63) is 58.0 Å². The molecule has 0 unspecified atom stereocenters. The molecule has 1 amide bonds. The molecule has 0 aliphatic rings. The van der Waals surface area contributed by atoms with Gasteiger partial charge in [-0.1, -0.05) is 6.07 Å². The van der Waals surface area contributed by atoms with E-state index in [0.29, 0.717) is 5.56 Å². The highest BCUT2D eigenvalue weighted by molar-refractivity contribution is 7.10. The van der Waals surface area contributed by atoms with Crippen LogP contribution in [0.15, 0.2) is 41.8 Å². The van der Waals surface area contributed by atoms with E-state index in [4.69, 9.17) is 0 Å². The number of amides is 1. The van der Waals surface area contributed by atoms with E-state index in [0.717, 1.165) is 4.88 Å². The third-order valence-electron chi connectivity index (χ3n) is 2.42. The molecule has 1 atom stereocenters. The molecular weight excluding hydrogens is 237 g/mol. The molecule has 0 spiro atoms. The lowest BCUT2D eigenvalue weighted by Crippen LogP contribution is -2.26. The van der Waals surface area contributed by atoms with Crippen molar-refractivity contribution in [3.8, 4) is 0 Å². The molecule has 1 aromatic heterocycles. The van der Waals surface area contributed by atoms with Crippen LogP contribution in [0.4, 0.5) is 4.39 Å². The highest BCUT2D eigenvalue weighted by atomic mass is 32.1. The van der Waals surface area contributed by atoms with Crippen LogP contribution in [0.1, 0.15) is 28.2 Å². The Hall–Kier alpha value is -1.68. The molecule has 88 valence electrons. The summed E-state index contributed by atoms with van der Waals surface area (Å²) < 4.78 is 12.7. The third-order valence-corrected chi connectivity index (χ3v) is 3.48. The molecule has 0 fully saturated rings. The largest absolute Gasteiger partial charge is 0.345 e. The Morgan fingerprint density at radius 1 is 1.29 bits per heavy atom. The molecular formula is C13H12FNOS. The Morgan fingerprint density at radius 2 is 2.00 bits per heavy atom. The third kappa shape index (κ3) is 2.91. The summed E-state index contributed by atoms with van der Waals surface area (Å²) in [5, 5.41) is 4.84. The summed E-state index contributed by atoms with van der Waals surface area (Å²) in [5.74, 6) is -0.529. The molecule has 1 N–H and O–H groups in total. The summed E-state index contributed by atoms with van der Waals surface area (Å²) in [4.78, 5) is 12.9. The minimum atomic E-state index is -0.340. The molecule has 2 nitrogen and oxygen atoms in total. The molecule has 0 aliphatic carbocycles. The summed E-state index contributed by atoms with van der Waals surface area (Å²) in [7, 11) is 0. The normalized spacial score (nSPS) is 12.1. The lowest BCUT2D eigenvalue weighted by Gasteiger charge is -2.12. The van der Waals surface area contributed by atoms with Gasteiger partial charge < -0.3 is 5.32 Å². The fourth-order valence-corrected chi connectivity index (χ4v) is 2.22. The van der Waals surface area contributed by atoms with Gasteiger partial charge in [-0.05, 0) is 42.6 Å². The number of benzene rings is 1. The first-order valence-electron chi connectivity index (χ1n) is 5.26. The summed E-state index contributed by atoms with van der Waals surface area (Å²) >= 11 is 1.60. The first-order chi connectivity index (χ1) is 8.16. The van der Waals surface area contributed by atoms with Crippen LogP contribution >= 0.6 is 11.3 Å². The molecule has 0 radical (unpaired) electrons. The van der Waals surface area contributed by atoms with Gasteiger partial charge in [0.15, 0.2) is 0 Å². The number of carbonyl (C=O) groups is 1. The molecule has 0 saturated carbocycles. The summed E-state index contributed by atoms with van der Waals surface area (Å²) in [6.45, 7) is 1.92. The van der Waals surface area contributed by atoms with Crippen LogP contribution in [0.25, 0.3) is 0 Å². The molecule has 1 aromatic carbocycles. The quantitative estimate of drug-likeness (QED) is 0.887. The molecule has 0 saturated heterocycles. The maximum absolute atomic E-state index is 12.7. The molecule has 2 aromatic rings. The number of thiophene rings is 1. The van der Waals surface area contributed by atoms with Crippen LogP contribution in [-0.4, -0.2) is 5.91 Å². The minimum absolute atomic E-state index is 0.0347. The van der Waals surface area contributed by atoms with Crippen molar-refractivity contribution < 1.29 is 9.18 Å². The maximum atomic E-state index is 12.7. The van der Waals surface area contributed by atoms with Crippen molar-refractivity contribution in [2.45, 2.75) is 13.0 Å². The lowest BCUT2D eigenvalue weighted by molar-refractivity contribution is 0.0940. The zero-order chi connectivity index (χ0) is 12.3. The Bertz CT molecular complexity index is 493. The predicted octanol–water partition coefficient (Wildman–Crippen LogP) is 3.38. The number of hydrogen-bond acceptors (Lipinski definition) is 2. The zero-order valence-electron chi connectivity index (χ0n) is 9.31. The van der Waals surface area contributed by atoms with Crippen LogP contribution in [0.2, 0.25) is 0 Å². The standard InChI is InChI=1S/C13H12FNOS/c1-9(12-3-2-8-17-12)15-13(16)10-4-6-11(14)7-5-10/h2-9H,1H3,(H,15,16)/t9-/m0/s1. The van der Waals surface area contributed by atoms with E-state index >= 15 is 0 Å². The van der Waals surface area contributed by atoms with E-state index in [1.165, 1.54) is 24.3 Å². The highest BCUT2D eigenvalue weighted by Crippen LogP contribution is 2.18. The second-order valence-electron chi connectivity index (χ2n) is 3.72. The zero-order valence-corrected chi connectivity index (χ0v) is 10.1. The van der Waals surface area contributed by atoms with Crippen molar-refractivity contribution in [2.24, 2.45) is 0 Å². The van der Waals surface area contributed by atoms with Gasteiger partial charge in [-0.15, -0.1) is 11.3 Å². The Labute approximate surface area is 103 Å². The monoisotopic (exact) mass is 249 g/mol. The first-order valence-corrected chi connectivity index (χ1v) is 6.14. The van der Waals surface area contributed by atoms with Gasteiger partial charge in [-0.3, -0.25) is 4.79 Å². The SMILES string of the molecule is C[C@H](NC(=O)c1ccc(F)cc1)c1cccs1. The van der Waals surface area contributed by atoms with E-state index in [1.54, 1.807) is 11.3 Å². The van der Waals surface area contributed by atoms with Gasteiger partial charge in [0.05, 0.1) is 6.04 Å². The second-order valence-corrected chi connectivity index (χ2v) is 4.70. The highest BCUT2D eigenvalue weighted by Gasteiger charge is 2.11. The van der Waals surface area contributed by atoms with E-state index < -0.39 is 0 Å². The first kappa shape index (κ1) is 11.8. The van der Waals surface area contributed by atoms with Crippen molar-refractivity contribution in [1.82, 2.24) is 5.32 Å². The van der Waals surface area contributed by atoms with Crippen molar-refractivity contribution in [3.63, 3.8) is 0 Å². The van der Waals surface area contributed by atoms with E-state index in [2.05, 4.69) is 5.32 Å². The van der Waals surface area contributed by atoms with Crippen LogP contribution in [0.3, 0.4) is 0 Å². The second kappa shape index (κ2) is 5.10. The molecule has 2 rings (SSSR count). The lowest BCUT2D eigenvalue weighted by atomic mass is 10.2. The molecule has 0 bridgehead atoms. The number of hydrogen-bond donors (Lipinski definition) is 1. The molecule has 4 heteroatoms. The predicted molar refractivity (Wildman–Crippen MR) is 66.6 cm³/mol. The number of rotatable bonds is 3. The molecule has 17 heavy (non-hydrogen) atoms. The summed E-state index contributed by atoms with van der Waals surface area (Å²) in [5.41, 5.74) is 0.467. The fourth-order valence-electron chi connectivity index (χ4n) is 1.49.